The Morgan fingerprint density at radius 2 is 2.06 bits per heavy atom. The molecule has 0 saturated carbocycles. The van der Waals surface area contributed by atoms with Crippen LogP contribution >= 0.6 is 11.3 Å². The van der Waals surface area contributed by atoms with Crippen molar-refractivity contribution in [3.05, 3.63) is 22.4 Å². The van der Waals surface area contributed by atoms with E-state index in [0.717, 1.165) is 0 Å². The first-order valence-electron chi connectivity index (χ1n) is 5.28. The Bertz CT molecular complexity index is 350. The lowest BCUT2D eigenvalue weighted by molar-refractivity contribution is -0.136. The molecule has 3 nitrogen and oxygen atoms in total. The van der Waals surface area contributed by atoms with Crippen LogP contribution in [0, 0.1) is 0 Å². The molecule has 1 rings (SSSR count). The third-order valence-corrected chi connectivity index (χ3v) is 3.67. The zero-order valence-electron chi connectivity index (χ0n) is 10.2. The van der Waals surface area contributed by atoms with Crippen LogP contribution in [0.2, 0.25) is 0 Å². The molecule has 1 aromatic heterocycles. The molecule has 0 unspecified atom stereocenters. The van der Waals surface area contributed by atoms with E-state index in [0.29, 0.717) is 6.54 Å². The fourth-order valence-corrected chi connectivity index (χ4v) is 2.12. The van der Waals surface area contributed by atoms with Crippen molar-refractivity contribution in [1.82, 2.24) is 5.32 Å². The highest BCUT2D eigenvalue weighted by Crippen LogP contribution is 2.26. The van der Waals surface area contributed by atoms with Gasteiger partial charge in [-0.2, -0.15) is 0 Å². The maximum atomic E-state index is 11.5. The second-order valence-corrected chi connectivity index (χ2v) is 6.05. The second kappa shape index (κ2) is 4.55. The van der Waals surface area contributed by atoms with E-state index < -0.39 is 5.60 Å². The number of hydrogen-bond donors (Lipinski definition) is 2. The van der Waals surface area contributed by atoms with Crippen LogP contribution in [0.1, 0.15) is 32.6 Å². The summed E-state index contributed by atoms with van der Waals surface area (Å²) in [5.41, 5.74) is -1.42. The first kappa shape index (κ1) is 13.2. The predicted molar refractivity (Wildman–Crippen MR) is 66.7 cm³/mol. The van der Waals surface area contributed by atoms with E-state index in [-0.39, 0.29) is 11.3 Å². The molecule has 0 saturated heterocycles. The fraction of sp³-hybridized carbons (Fsp3) is 0.583. The highest BCUT2D eigenvalue weighted by molar-refractivity contribution is 7.10. The molecule has 4 heteroatoms. The molecule has 90 valence electrons. The average molecular weight is 241 g/mol. The average Bonchev–Trinajstić information content (AvgIpc) is 2.65. The van der Waals surface area contributed by atoms with Crippen molar-refractivity contribution in [2.45, 2.75) is 38.7 Å². The minimum absolute atomic E-state index is 0.102. The molecule has 0 aliphatic rings. The number of amides is 1. The number of aliphatic hydroxyl groups is 1. The van der Waals surface area contributed by atoms with Crippen LogP contribution in [0.4, 0.5) is 0 Å². The highest BCUT2D eigenvalue weighted by atomic mass is 32.1. The van der Waals surface area contributed by atoms with E-state index in [2.05, 4.69) is 25.2 Å². The summed E-state index contributed by atoms with van der Waals surface area (Å²) in [7, 11) is 0. The lowest BCUT2D eigenvalue weighted by Gasteiger charge is -2.26. The zero-order valence-corrected chi connectivity index (χ0v) is 11.0. The van der Waals surface area contributed by atoms with Crippen LogP contribution < -0.4 is 5.32 Å². The molecule has 2 N–H and O–H groups in total. The summed E-state index contributed by atoms with van der Waals surface area (Å²) in [6.07, 6.45) is 0. The van der Waals surface area contributed by atoms with Crippen LogP contribution in [0.3, 0.4) is 0 Å². The van der Waals surface area contributed by atoms with Gasteiger partial charge >= 0.3 is 0 Å². The quantitative estimate of drug-likeness (QED) is 0.846. The summed E-state index contributed by atoms with van der Waals surface area (Å²) in [6, 6.07) is 4.06. The van der Waals surface area contributed by atoms with Gasteiger partial charge in [0, 0.05) is 16.8 Å². The van der Waals surface area contributed by atoms with Crippen molar-refractivity contribution < 1.29 is 9.90 Å². The van der Waals surface area contributed by atoms with Gasteiger partial charge in [0.05, 0.1) is 0 Å². The Hall–Kier alpha value is -0.870. The number of carbonyl (C=O) groups is 1. The Kier molecular flexibility index (Phi) is 3.76. The van der Waals surface area contributed by atoms with Gasteiger partial charge in [0.2, 0.25) is 0 Å². The van der Waals surface area contributed by atoms with Crippen molar-refractivity contribution >= 4 is 17.2 Å². The maximum Gasteiger partial charge on any atom is 0.251 e. The van der Waals surface area contributed by atoms with E-state index in [4.69, 9.17) is 0 Å². The summed E-state index contributed by atoms with van der Waals surface area (Å²) >= 11 is 1.68. The van der Waals surface area contributed by atoms with Gasteiger partial charge in [-0.3, -0.25) is 4.79 Å². The molecular weight excluding hydrogens is 222 g/mol. The van der Waals surface area contributed by atoms with E-state index in [9.17, 15) is 9.90 Å². The van der Waals surface area contributed by atoms with Crippen LogP contribution in [-0.2, 0) is 10.2 Å². The van der Waals surface area contributed by atoms with Crippen molar-refractivity contribution in [2.75, 3.05) is 6.54 Å². The van der Waals surface area contributed by atoms with Gasteiger partial charge in [-0.25, -0.2) is 0 Å². The summed E-state index contributed by atoms with van der Waals surface area (Å²) in [5.74, 6) is -0.336. The van der Waals surface area contributed by atoms with Gasteiger partial charge in [-0.15, -0.1) is 11.3 Å². The minimum Gasteiger partial charge on any atom is -0.381 e. The van der Waals surface area contributed by atoms with Gasteiger partial charge in [-0.05, 0) is 25.3 Å². The van der Waals surface area contributed by atoms with E-state index in [1.54, 1.807) is 11.3 Å². The maximum absolute atomic E-state index is 11.5. The van der Waals surface area contributed by atoms with Crippen molar-refractivity contribution in [2.24, 2.45) is 0 Å². The molecule has 0 radical (unpaired) electrons. The summed E-state index contributed by atoms with van der Waals surface area (Å²) in [4.78, 5) is 12.7. The number of carbonyl (C=O) groups excluding carboxylic acids is 1. The number of nitrogens with one attached hydrogen (secondary N) is 1. The monoisotopic (exact) mass is 241 g/mol. The van der Waals surface area contributed by atoms with Crippen LogP contribution in [0.15, 0.2) is 17.5 Å². The third-order valence-electron chi connectivity index (χ3n) is 2.43. The Morgan fingerprint density at radius 1 is 1.44 bits per heavy atom. The van der Waals surface area contributed by atoms with Crippen molar-refractivity contribution in [3.63, 3.8) is 0 Å². The predicted octanol–water partition coefficient (Wildman–Crippen LogP) is 1.91. The smallest absolute Gasteiger partial charge is 0.251 e. The van der Waals surface area contributed by atoms with Gasteiger partial charge < -0.3 is 10.4 Å². The molecule has 0 atom stereocenters. The zero-order chi connectivity index (χ0) is 12.4. The lowest BCUT2D eigenvalue weighted by Crippen LogP contribution is -2.46. The molecule has 16 heavy (non-hydrogen) atoms. The summed E-state index contributed by atoms with van der Waals surface area (Å²) < 4.78 is 0. The molecule has 0 aromatic carbocycles. The first-order chi connectivity index (χ1) is 7.23. The molecule has 1 heterocycles. The summed E-state index contributed by atoms with van der Waals surface area (Å²) in [5, 5.41) is 14.3. The first-order valence-corrected chi connectivity index (χ1v) is 6.16. The Morgan fingerprint density at radius 3 is 2.50 bits per heavy atom. The Balaban J connectivity index is 2.59. The fourth-order valence-electron chi connectivity index (χ4n) is 1.27. The molecular formula is C12H19NO2S. The standard InChI is InChI=1S/C12H19NO2S/c1-11(2,9-6-5-7-16-9)8-13-10(14)12(3,4)15/h5-7,15H,8H2,1-4H3,(H,13,14). The molecule has 0 fully saturated rings. The molecule has 0 aliphatic heterocycles. The van der Waals surface area contributed by atoms with Gasteiger partial charge in [-0.1, -0.05) is 19.9 Å². The lowest BCUT2D eigenvalue weighted by atomic mass is 9.91. The molecule has 1 aromatic rings. The number of thiophene rings is 1. The molecule has 0 spiro atoms. The van der Waals surface area contributed by atoms with Gasteiger partial charge in [0.25, 0.3) is 5.91 Å². The second-order valence-electron chi connectivity index (χ2n) is 5.10. The van der Waals surface area contributed by atoms with Crippen molar-refractivity contribution in [1.29, 1.82) is 0 Å². The van der Waals surface area contributed by atoms with Gasteiger partial charge in [0.15, 0.2) is 0 Å². The normalized spacial score (nSPS) is 12.6. The summed E-state index contributed by atoms with van der Waals surface area (Å²) in [6.45, 7) is 7.64. The van der Waals surface area contributed by atoms with Crippen molar-refractivity contribution in [3.8, 4) is 0 Å². The molecule has 1 amide bonds. The van der Waals surface area contributed by atoms with E-state index >= 15 is 0 Å². The highest BCUT2D eigenvalue weighted by Gasteiger charge is 2.27. The SMILES string of the molecule is CC(C)(O)C(=O)NCC(C)(C)c1cccs1. The van der Waals surface area contributed by atoms with Crippen LogP contribution in [0.5, 0.6) is 0 Å². The third kappa shape index (κ3) is 3.32. The van der Waals surface area contributed by atoms with Crippen LogP contribution in [0.25, 0.3) is 0 Å². The van der Waals surface area contributed by atoms with Crippen LogP contribution in [-0.4, -0.2) is 23.2 Å². The van der Waals surface area contributed by atoms with Gasteiger partial charge in [0.1, 0.15) is 5.60 Å². The Labute approximate surface area is 100 Å². The molecule has 0 aliphatic carbocycles. The largest absolute Gasteiger partial charge is 0.381 e. The van der Waals surface area contributed by atoms with E-state index in [1.165, 1.54) is 18.7 Å². The topological polar surface area (TPSA) is 49.3 Å². The molecule has 0 bridgehead atoms. The van der Waals surface area contributed by atoms with E-state index in [1.807, 2.05) is 11.4 Å². The number of rotatable bonds is 4. The number of hydrogen-bond acceptors (Lipinski definition) is 3. The minimum atomic E-state index is -1.31.